The van der Waals surface area contributed by atoms with Crippen LogP contribution in [0, 0.1) is 10.1 Å². The molecular formula is C32H37N5O5S2. The van der Waals surface area contributed by atoms with Gasteiger partial charge < -0.3 is 5.32 Å². The number of hydrogen-bond donors (Lipinski definition) is 2. The van der Waals surface area contributed by atoms with Crippen LogP contribution in [0.15, 0.2) is 95.0 Å². The molecule has 0 radical (unpaired) electrons. The Bertz CT molecular complexity index is 1640. The first-order valence-electron chi connectivity index (χ1n) is 14.7. The molecule has 0 aliphatic heterocycles. The van der Waals surface area contributed by atoms with Crippen LogP contribution in [0.4, 0.5) is 11.4 Å². The minimum Gasteiger partial charge on any atom is -0.379 e. The van der Waals surface area contributed by atoms with Crippen molar-refractivity contribution in [3.8, 4) is 11.1 Å². The van der Waals surface area contributed by atoms with Gasteiger partial charge in [-0.25, -0.2) is 13.1 Å². The summed E-state index contributed by atoms with van der Waals surface area (Å²) in [5, 5.41) is 19.2. The molecule has 4 aromatic rings. The number of carbonyl (C=O) groups is 1. The van der Waals surface area contributed by atoms with E-state index < -0.39 is 26.5 Å². The predicted molar refractivity (Wildman–Crippen MR) is 174 cm³/mol. The summed E-state index contributed by atoms with van der Waals surface area (Å²) in [6.45, 7) is 3.47. The van der Waals surface area contributed by atoms with Crippen LogP contribution in [0.1, 0.15) is 55.8 Å². The number of benzene rings is 3. The monoisotopic (exact) mass is 635 g/mol. The smallest absolute Gasteiger partial charge is 0.293 e. The molecule has 1 aromatic heterocycles. The Morgan fingerprint density at radius 3 is 2.41 bits per heavy atom. The average molecular weight is 636 g/mol. The molecular weight excluding hydrogens is 599 g/mol. The Morgan fingerprint density at radius 1 is 0.955 bits per heavy atom. The van der Waals surface area contributed by atoms with Crippen molar-refractivity contribution in [1.82, 2.24) is 14.5 Å². The third-order valence-corrected chi connectivity index (χ3v) is 9.33. The van der Waals surface area contributed by atoms with Crippen LogP contribution in [0.3, 0.4) is 0 Å². The van der Waals surface area contributed by atoms with Crippen molar-refractivity contribution in [2.75, 3.05) is 17.6 Å². The number of carbonyl (C=O) groups excluding carboxylic acids is 1. The van der Waals surface area contributed by atoms with Crippen molar-refractivity contribution >= 4 is 39.1 Å². The lowest BCUT2D eigenvalue weighted by Gasteiger charge is -2.10. The van der Waals surface area contributed by atoms with Gasteiger partial charge in [0.05, 0.1) is 16.0 Å². The van der Waals surface area contributed by atoms with E-state index in [1.54, 1.807) is 30.1 Å². The number of aromatic nitrogens is 2. The van der Waals surface area contributed by atoms with Crippen LogP contribution in [-0.2, 0) is 16.6 Å². The summed E-state index contributed by atoms with van der Waals surface area (Å²) in [5.74, 6) is -0.185. The molecule has 0 bridgehead atoms. The van der Waals surface area contributed by atoms with E-state index in [9.17, 15) is 23.3 Å². The first-order valence-corrected chi connectivity index (χ1v) is 17.1. The van der Waals surface area contributed by atoms with Gasteiger partial charge in [-0.1, -0.05) is 69.4 Å². The highest BCUT2D eigenvalue weighted by Gasteiger charge is 2.24. The number of aryl methyl sites for hydroxylation is 1. The Balaban J connectivity index is 1.33. The molecule has 3 aromatic carbocycles. The SMILES string of the molecule is CCCCCCCCn1cc(-c2ccc(C(=O)NS(=O)(=O)c3ccc(NCCSc4ccccc4)c([N+](=O)[O-])c3)cc2)cn1. The summed E-state index contributed by atoms with van der Waals surface area (Å²) in [6.07, 6.45) is 11.0. The van der Waals surface area contributed by atoms with Gasteiger partial charge in [-0.3, -0.25) is 19.6 Å². The van der Waals surface area contributed by atoms with Crippen molar-refractivity contribution < 1.29 is 18.1 Å². The number of rotatable bonds is 17. The fourth-order valence-corrected chi connectivity index (χ4v) is 6.38. The van der Waals surface area contributed by atoms with Gasteiger partial charge in [0.1, 0.15) is 5.69 Å². The Morgan fingerprint density at radius 2 is 1.68 bits per heavy atom. The molecule has 12 heteroatoms. The molecule has 1 amide bonds. The van der Waals surface area contributed by atoms with Crippen LogP contribution in [-0.4, -0.2) is 41.3 Å². The van der Waals surface area contributed by atoms with Crippen LogP contribution in [0.25, 0.3) is 11.1 Å². The first-order chi connectivity index (χ1) is 21.3. The number of anilines is 1. The standard InChI is InChI=1S/C32H37N5O5S2/c1-2-3-4-5-6-10-20-36-24-27(23-34-36)25-13-15-26(16-14-25)32(38)35-44(41,42)29-17-18-30(31(22-29)37(39)40)33-19-21-43-28-11-8-7-9-12-28/h7-9,11-18,22-24,33H,2-6,10,19-21H2,1H3,(H,35,38). The van der Waals surface area contributed by atoms with Crippen molar-refractivity contribution in [3.05, 3.63) is 101 Å². The van der Waals surface area contributed by atoms with Crippen molar-refractivity contribution in [2.45, 2.75) is 61.8 Å². The molecule has 0 aliphatic carbocycles. The van der Waals surface area contributed by atoms with Crippen LogP contribution >= 0.6 is 11.8 Å². The summed E-state index contributed by atoms with van der Waals surface area (Å²) in [5.41, 5.74) is 1.68. The molecule has 0 saturated carbocycles. The Hall–Kier alpha value is -4.16. The maximum absolute atomic E-state index is 13.0. The number of unbranched alkanes of at least 4 members (excludes halogenated alkanes) is 5. The number of amides is 1. The normalized spacial score (nSPS) is 11.3. The molecule has 0 spiro atoms. The van der Waals surface area contributed by atoms with E-state index in [-0.39, 0.29) is 16.1 Å². The molecule has 0 unspecified atom stereocenters. The van der Waals surface area contributed by atoms with Gasteiger partial charge in [0.25, 0.3) is 21.6 Å². The topological polar surface area (TPSA) is 136 Å². The molecule has 0 fully saturated rings. The highest BCUT2D eigenvalue weighted by molar-refractivity contribution is 7.99. The van der Waals surface area contributed by atoms with Gasteiger partial charge in [-0.2, -0.15) is 5.10 Å². The lowest BCUT2D eigenvalue weighted by Crippen LogP contribution is -2.30. The minimum atomic E-state index is -4.37. The van der Waals surface area contributed by atoms with E-state index in [4.69, 9.17) is 0 Å². The largest absolute Gasteiger partial charge is 0.379 e. The van der Waals surface area contributed by atoms with E-state index >= 15 is 0 Å². The quantitative estimate of drug-likeness (QED) is 0.0541. The molecule has 0 atom stereocenters. The van der Waals surface area contributed by atoms with Crippen molar-refractivity contribution in [1.29, 1.82) is 0 Å². The van der Waals surface area contributed by atoms with Crippen LogP contribution in [0.5, 0.6) is 0 Å². The summed E-state index contributed by atoms with van der Waals surface area (Å²) in [6, 6.07) is 19.8. The average Bonchev–Trinajstić information content (AvgIpc) is 3.50. The molecule has 0 aliphatic rings. The van der Waals surface area contributed by atoms with Gasteiger partial charge in [0.2, 0.25) is 0 Å². The predicted octanol–water partition coefficient (Wildman–Crippen LogP) is 7.14. The third-order valence-electron chi connectivity index (χ3n) is 6.99. The summed E-state index contributed by atoms with van der Waals surface area (Å²) in [4.78, 5) is 24.6. The summed E-state index contributed by atoms with van der Waals surface area (Å²) in [7, 11) is -4.37. The highest BCUT2D eigenvalue weighted by atomic mass is 32.2. The zero-order valence-corrected chi connectivity index (χ0v) is 26.3. The number of nitro benzene ring substituents is 1. The molecule has 1 heterocycles. The minimum absolute atomic E-state index is 0.139. The zero-order valence-electron chi connectivity index (χ0n) is 24.6. The number of thioether (sulfide) groups is 1. The summed E-state index contributed by atoms with van der Waals surface area (Å²) < 4.78 is 29.9. The van der Waals surface area contributed by atoms with Crippen LogP contribution in [0.2, 0.25) is 0 Å². The van der Waals surface area contributed by atoms with Gasteiger partial charge >= 0.3 is 0 Å². The first kappa shape index (κ1) is 32.7. The number of nitro groups is 1. The van der Waals surface area contributed by atoms with Crippen molar-refractivity contribution in [2.24, 2.45) is 0 Å². The molecule has 0 saturated heterocycles. The van der Waals surface area contributed by atoms with Gasteiger partial charge in [0.15, 0.2) is 0 Å². The lowest BCUT2D eigenvalue weighted by molar-refractivity contribution is -0.384. The zero-order chi connectivity index (χ0) is 31.4. The second-order valence-electron chi connectivity index (χ2n) is 10.3. The molecule has 44 heavy (non-hydrogen) atoms. The van der Waals surface area contributed by atoms with E-state index in [1.807, 2.05) is 45.9 Å². The van der Waals surface area contributed by atoms with E-state index in [2.05, 4.69) is 17.3 Å². The Labute approximate surface area is 262 Å². The third kappa shape index (κ3) is 9.42. The fourth-order valence-electron chi connectivity index (χ4n) is 4.59. The second kappa shape index (κ2) is 16.1. The molecule has 2 N–H and O–H groups in total. The van der Waals surface area contributed by atoms with E-state index in [0.29, 0.717) is 12.3 Å². The Kier molecular flexibility index (Phi) is 12.0. The van der Waals surface area contributed by atoms with Crippen molar-refractivity contribution in [3.63, 3.8) is 0 Å². The van der Waals surface area contributed by atoms with Gasteiger partial charge in [-0.05, 0) is 48.4 Å². The molecule has 10 nitrogen and oxygen atoms in total. The number of nitrogens with one attached hydrogen (secondary N) is 2. The maximum Gasteiger partial charge on any atom is 0.293 e. The second-order valence-corrected chi connectivity index (χ2v) is 13.1. The molecule has 232 valence electrons. The van der Waals surface area contributed by atoms with Gasteiger partial charge in [-0.15, -0.1) is 11.8 Å². The number of nitrogens with zero attached hydrogens (tertiary/aromatic N) is 3. The van der Waals surface area contributed by atoms with Crippen LogP contribution < -0.4 is 10.0 Å². The highest BCUT2D eigenvalue weighted by Crippen LogP contribution is 2.28. The van der Waals surface area contributed by atoms with E-state index in [0.717, 1.165) is 35.1 Å². The lowest BCUT2D eigenvalue weighted by atomic mass is 10.1. The summed E-state index contributed by atoms with van der Waals surface area (Å²) >= 11 is 1.59. The maximum atomic E-state index is 13.0. The molecule has 4 rings (SSSR count). The number of sulfonamides is 1. The van der Waals surface area contributed by atoms with Gasteiger partial charge in [0, 0.05) is 47.1 Å². The fraction of sp³-hybridized carbons (Fsp3) is 0.312. The number of hydrogen-bond acceptors (Lipinski definition) is 8. The van der Waals surface area contributed by atoms with E-state index in [1.165, 1.54) is 56.4 Å².